The predicted octanol–water partition coefficient (Wildman–Crippen LogP) is 2.59. The van der Waals surface area contributed by atoms with Crippen molar-refractivity contribution in [3.8, 4) is 5.75 Å². The van der Waals surface area contributed by atoms with Gasteiger partial charge in [-0.1, -0.05) is 13.8 Å². The van der Waals surface area contributed by atoms with Gasteiger partial charge in [0, 0.05) is 25.7 Å². The number of benzene rings is 1. The fourth-order valence-corrected chi connectivity index (χ4v) is 2.96. The molecule has 20 heavy (non-hydrogen) atoms. The molecule has 1 heterocycles. The summed E-state index contributed by atoms with van der Waals surface area (Å²) >= 11 is 0. The first-order chi connectivity index (χ1) is 9.55. The molecule has 1 aliphatic rings. The second-order valence-corrected chi connectivity index (χ2v) is 5.31. The lowest BCUT2D eigenvalue weighted by atomic mass is 10.2. The Labute approximate surface area is 118 Å². The van der Waals surface area contributed by atoms with Gasteiger partial charge in [-0.2, -0.15) is 0 Å². The largest absolute Gasteiger partial charge is 0.503 e. The molecule has 1 aromatic rings. The summed E-state index contributed by atoms with van der Waals surface area (Å²) in [5.74, 6) is -2.67. The highest BCUT2D eigenvalue weighted by atomic mass is 19.1. The first kappa shape index (κ1) is 15.2. The van der Waals surface area contributed by atoms with Crippen LogP contribution in [0.1, 0.15) is 25.8 Å². The van der Waals surface area contributed by atoms with Gasteiger partial charge < -0.3 is 5.11 Å². The van der Waals surface area contributed by atoms with Crippen LogP contribution < -0.4 is 0 Å². The summed E-state index contributed by atoms with van der Waals surface area (Å²) < 4.78 is 26.6. The number of nitrogens with zero attached hydrogens (tertiary/aromatic N) is 2. The molecule has 2 rings (SSSR count). The Morgan fingerprint density at radius 3 is 2.40 bits per heavy atom. The molecular formula is C15H22F2N2O. The number of likely N-dealkylation sites (N-methyl/N-ethyl adjacent to an activating group) is 1. The van der Waals surface area contributed by atoms with Crippen molar-refractivity contribution in [2.45, 2.75) is 32.9 Å². The molecule has 112 valence electrons. The Bertz CT molecular complexity index is 440. The van der Waals surface area contributed by atoms with Gasteiger partial charge in [0.1, 0.15) is 0 Å². The Kier molecular flexibility index (Phi) is 4.94. The van der Waals surface area contributed by atoms with Gasteiger partial charge in [-0.3, -0.25) is 9.80 Å². The molecule has 1 unspecified atom stereocenters. The lowest BCUT2D eigenvalue weighted by Gasteiger charge is -2.26. The fraction of sp³-hybridized carbons (Fsp3) is 0.600. The van der Waals surface area contributed by atoms with Crippen molar-refractivity contribution >= 4 is 0 Å². The normalized spacial score (nSPS) is 19.9. The second kappa shape index (κ2) is 6.50. The van der Waals surface area contributed by atoms with E-state index in [9.17, 15) is 8.78 Å². The molecule has 3 nitrogen and oxygen atoms in total. The highest BCUT2D eigenvalue weighted by Crippen LogP contribution is 2.24. The first-order valence-electron chi connectivity index (χ1n) is 7.18. The van der Waals surface area contributed by atoms with E-state index in [-0.39, 0.29) is 0 Å². The van der Waals surface area contributed by atoms with Crippen LogP contribution in [-0.4, -0.2) is 47.1 Å². The summed E-state index contributed by atoms with van der Waals surface area (Å²) in [5, 5.41) is 9.10. The minimum atomic E-state index is -0.892. The topological polar surface area (TPSA) is 26.7 Å². The third-order valence-electron chi connectivity index (χ3n) is 4.06. The van der Waals surface area contributed by atoms with Crippen molar-refractivity contribution in [2.75, 3.05) is 26.2 Å². The molecule has 0 radical (unpaired) electrons. The summed E-state index contributed by atoms with van der Waals surface area (Å²) in [6.45, 7) is 8.73. The average molecular weight is 284 g/mol. The summed E-state index contributed by atoms with van der Waals surface area (Å²) in [4.78, 5) is 4.62. The molecule has 0 saturated carbocycles. The van der Waals surface area contributed by atoms with Crippen LogP contribution >= 0.6 is 0 Å². The van der Waals surface area contributed by atoms with Crippen molar-refractivity contribution in [1.29, 1.82) is 0 Å². The zero-order chi connectivity index (χ0) is 14.7. The number of rotatable bonds is 5. The van der Waals surface area contributed by atoms with Crippen molar-refractivity contribution in [1.82, 2.24) is 9.80 Å². The standard InChI is InChI=1S/C15H22F2N2O/c1-3-19(4-2)12-5-6-18(10-12)9-11-7-13(16)15(20)14(17)8-11/h7-8,12,20H,3-6,9-10H2,1-2H3. The Balaban J connectivity index is 1.99. The van der Waals surface area contributed by atoms with Crippen molar-refractivity contribution < 1.29 is 13.9 Å². The minimum Gasteiger partial charge on any atom is -0.503 e. The van der Waals surface area contributed by atoms with Crippen LogP contribution in [0, 0.1) is 11.6 Å². The monoisotopic (exact) mass is 284 g/mol. The van der Waals surface area contributed by atoms with Gasteiger partial charge in [0.2, 0.25) is 0 Å². The van der Waals surface area contributed by atoms with Crippen molar-refractivity contribution in [3.05, 3.63) is 29.3 Å². The van der Waals surface area contributed by atoms with Gasteiger partial charge in [-0.25, -0.2) is 8.78 Å². The molecule has 0 amide bonds. The molecule has 1 fully saturated rings. The lowest BCUT2D eigenvalue weighted by molar-refractivity contribution is 0.209. The summed E-state index contributed by atoms with van der Waals surface area (Å²) in [5.41, 5.74) is 0.568. The first-order valence-corrected chi connectivity index (χ1v) is 7.18. The van der Waals surface area contributed by atoms with Crippen LogP contribution in [-0.2, 0) is 6.54 Å². The smallest absolute Gasteiger partial charge is 0.187 e. The van der Waals surface area contributed by atoms with E-state index in [1.54, 1.807) is 0 Å². The van der Waals surface area contributed by atoms with Gasteiger partial charge in [-0.15, -0.1) is 0 Å². The molecule has 0 aromatic heterocycles. The quantitative estimate of drug-likeness (QED) is 0.900. The van der Waals surface area contributed by atoms with Gasteiger partial charge in [0.25, 0.3) is 0 Å². The van der Waals surface area contributed by atoms with E-state index in [1.165, 1.54) is 12.1 Å². The summed E-state index contributed by atoms with van der Waals surface area (Å²) in [6, 6.07) is 2.95. The van der Waals surface area contributed by atoms with E-state index in [2.05, 4.69) is 23.6 Å². The maximum atomic E-state index is 13.3. The lowest BCUT2D eigenvalue weighted by Crippen LogP contribution is -2.37. The Morgan fingerprint density at radius 2 is 1.85 bits per heavy atom. The third kappa shape index (κ3) is 3.27. The molecule has 0 spiro atoms. The van der Waals surface area contributed by atoms with Gasteiger partial charge >= 0.3 is 0 Å². The van der Waals surface area contributed by atoms with E-state index in [4.69, 9.17) is 5.11 Å². The molecule has 1 aliphatic heterocycles. The van der Waals surface area contributed by atoms with Crippen molar-refractivity contribution in [2.24, 2.45) is 0 Å². The van der Waals surface area contributed by atoms with E-state index in [0.29, 0.717) is 18.2 Å². The minimum absolute atomic E-state index is 0.520. The average Bonchev–Trinajstić information content (AvgIpc) is 2.86. The van der Waals surface area contributed by atoms with Crippen LogP contribution in [0.5, 0.6) is 5.75 Å². The Morgan fingerprint density at radius 1 is 1.25 bits per heavy atom. The summed E-state index contributed by atoms with van der Waals surface area (Å²) in [6.07, 6.45) is 1.09. The highest BCUT2D eigenvalue weighted by molar-refractivity contribution is 5.30. The highest BCUT2D eigenvalue weighted by Gasteiger charge is 2.26. The van der Waals surface area contributed by atoms with E-state index in [0.717, 1.165) is 32.6 Å². The zero-order valence-corrected chi connectivity index (χ0v) is 12.1. The van der Waals surface area contributed by atoms with Gasteiger partial charge in [-0.05, 0) is 37.2 Å². The van der Waals surface area contributed by atoms with Crippen LogP contribution in [0.25, 0.3) is 0 Å². The SMILES string of the molecule is CCN(CC)C1CCN(Cc2cc(F)c(O)c(F)c2)C1. The van der Waals surface area contributed by atoms with Crippen LogP contribution in [0.15, 0.2) is 12.1 Å². The molecule has 1 atom stereocenters. The Hall–Kier alpha value is -1.20. The van der Waals surface area contributed by atoms with Crippen LogP contribution in [0.4, 0.5) is 8.78 Å². The van der Waals surface area contributed by atoms with E-state index >= 15 is 0 Å². The fourth-order valence-electron chi connectivity index (χ4n) is 2.96. The molecular weight excluding hydrogens is 262 g/mol. The van der Waals surface area contributed by atoms with E-state index < -0.39 is 17.4 Å². The summed E-state index contributed by atoms with van der Waals surface area (Å²) in [7, 11) is 0. The van der Waals surface area contributed by atoms with Gasteiger partial charge in [0.05, 0.1) is 0 Å². The number of phenols is 1. The number of phenolic OH excluding ortho intramolecular Hbond substituents is 1. The van der Waals surface area contributed by atoms with E-state index in [1.807, 2.05) is 0 Å². The number of likely N-dealkylation sites (tertiary alicyclic amines) is 1. The predicted molar refractivity (Wildman–Crippen MR) is 74.6 cm³/mol. The second-order valence-electron chi connectivity index (χ2n) is 5.31. The van der Waals surface area contributed by atoms with Crippen molar-refractivity contribution in [3.63, 3.8) is 0 Å². The number of halogens is 2. The number of hydrogen-bond acceptors (Lipinski definition) is 3. The maximum absolute atomic E-state index is 13.3. The maximum Gasteiger partial charge on any atom is 0.187 e. The van der Waals surface area contributed by atoms with Gasteiger partial charge in [0.15, 0.2) is 17.4 Å². The molecule has 1 N–H and O–H groups in total. The number of hydrogen-bond donors (Lipinski definition) is 1. The molecule has 0 bridgehead atoms. The molecule has 5 heteroatoms. The third-order valence-corrected chi connectivity index (χ3v) is 4.06. The van der Waals surface area contributed by atoms with Crippen LogP contribution in [0.2, 0.25) is 0 Å². The van der Waals surface area contributed by atoms with Crippen LogP contribution in [0.3, 0.4) is 0 Å². The molecule has 1 aromatic carbocycles. The number of aromatic hydroxyl groups is 1. The molecule has 0 aliphatic carbocycles. The zero-order valence-electron chi connectivity index (χ0n) is 12.1. The molecule has 1 saturated heterocycles.